The molecule has 4 aromatic rings. The Balaban J connectivity index is 0.000000251. The molecular formula is C34H40O12. The summed E-state index contributed by atoms with van der Waals surface area (Å²) >= 11 is 0. The number of rotatable bonds is 12. The van der Waals surface area contributed by atoms with Gasteiger partial charge in [-0.2, -0.15) is 0 Å². The van der Waals surface area contributed by atoms with E-state index in [0.29, 0.717) is 56.4 Å². The number of phenols is 2. The molecule has 248 valence electrons. The molecule has 12 nitrogen and oxygen atoms in total. The molecule has 0 spiro atoms. The summed E-state index contributed by atoms with van der Waals surface area (Å²) in [5, 5.41) is 58.3. The van der Waals surface area contributed by atoms with Crippen LogP contribution in [0.4, 0.5) is 0 Å². The molecule has 0 aliphatic carbocycles. The monoisotopic (exact) mass is 640 g/mol. The highest BCUT2D eigenvalue weighted by atomic mass is 16.5. The minimum atomic E-state index is -0.249. The van der Waals surface area contributed by atoms with Crippen LogP contribution in [0.15, 0.2) is 48.5 Å². The number of aromatic hydroxyl groups is 2. The summed E-state index contributed by atoms with van der Waals surface area (Å²) in [6.07, 6.45) is 0. The molecule has 0 aliphatic rings. The van der Waals surface area contributed by atoms with Crippen molar-refractivity contribution in [1.29, 1.82) is 0 Å². The molecule has 0 aliphatic heterocycles. The number of ether oxygens (including phenoxy) is 6. The summed E-state index contributed by atoms with van der Waals surface area (Å²) in [5.74, 6) is 2.00. The van der Waals surface area contributed by atoms with Crippen molar-refractivity contribution >= 4 is 0 Å². The zero-order chi connectivity index (χ0) is 34.0. The van der Waals surface area contributed by atoms with Crippen LogP contribution in [-0.2, 0) is 26.4 Å². The first-order valence-corrected chi connectivity index (χ1v) is 13.9. The molecule has 0 heterocycles. The average Bonchev–Trinajstić information content (AvgIpc) is 3.10. The third-order valence-electron chi connectivity index (χ3n) is 7.10. The molecule has 6 N–H and O–H groups in total. The van der Waals surface area contributed by atoms with Gasteiger partial charge in [0.2, 0.25) is 0 Å². The van der Waals surface area contributed by atoms with Gasteiger partial charge in [0.25, 0.3) is 0 Å². The molecule has 0 fully saturated rings. The number of benzene rings is 4. The fraction of sp³-hybridized carbons (Fsp3) is 0.294. The van der Waals surface area contributed by atoms with E-state index in [0.717, 1.165) is 0 Å². The van der Waals surface area contributed by atoms with Crippen LogP contribution in [0.2, 0.25) is 0 Å². The van der Waals surface area contributed by atoms with E-state index >= 15 is 0 Å². The van der Waals surface area contributed by atoms with Crippen molar-refractivity contribution in [3.05, 3.63) is 70.8 Å². The predicted octanol–water partition coefficient (Wildman–Crippen LogP) is 4.14. The van der Waals surface area contributed by atoms with Gasteiger partial charge in [0.1, 0.15) is 0 Å². The van der Waals surface area contributed by atoms with Gasteiger partial charge in [-0.15, -0.1) is 0 Å². The maximum absolute atomic E-state index is 10.3. The minimum absolute atomic E-state index is 0.146. The summed E-state index contributed by atoms with van der Waals surface area (Å²) in [6, 6.07) is 13.1. The number of aliphatic hydroxyl groups excluding tert-OH is 4. The SMILES string of the molecule is COc1cc(CO)cc(-c2cc(CO)cc(OC)c2O)c1O.COc1cc(CO)cc(-c2cc(CO)cc(OC)c2OC)c1OC. The fourth-order valence-electron chi connectivity index (χ4n) is 4.86. The van der Waals surface area contributed by atoms with E-state index in [1.54, 1.807) is 38.5 Å². The Morgan fingerprint density at radius 1 is 0.370 bits per heavy atom. The van der Waals surface area contributed by atoms with Crippen LogP contribution in [0.1, 0.15) is 22.3 Å². The van der Waals surface area contributed by atoms with Crippen molar-refractivity contribution in [2.75, 3.05) is 42.7 Å². The molecule has 0 saturated heterocycles. The van der Waals surface area contributed by atoms with Gasteiger partial charge in [-0.25, -0.2) is 0 Å². The van der Waals surface area contributed by atoms with Crippen molar-refractivity contribution < 1.29 is 59.1 Å². The second-order valence-electron chi connectivity index (χ2n) is 9.78. The lowest BCUT2D eigenvalue weighted by Gasteiger charge is -2.19. The second-order valence-corrected chi connectivity index (χ2v) is 9.78. The van der Waals surface area contributed by atoms with Gasteiger partial charge in [0.15, 0.2) is 46.0 Å². The van der Waals surface area contributed by atoms with Gasteiger partial charge in [0, 0.05) is 22.3 Å². The summed E-state index contributed by atoms with van der Waals surface area (Å²) < 4.78 is 31.9. The first kappa shape index (κ1) is 35.6. The Morgan fingerprint density at radius 2 is 0.630 bits per heavy atom. The highest BCUT2D eigenvalue weighted by molar-refractivity contribution is 5.82. The summed E-state index contributed by atoms with van der Waals surface area (Å²) in [7, 11) is 8.93. The molecule has 0 radical (unpaired) electrons. The topological polar surface area (TPSA) is 177 Å². The van der Waals surface area contributed by atoms with Gasteiger partial charge in [-0.3, -0.25) is 0 Å². The molecule has 4 rings (SSSR count). The quantitative estimate of drug-likeness (QED) is 0.131. The lowest BCUT2D eigenvalue weighted by molar-refractivity contribution is 0.279. The van der Waals surface area contributed by atoms with Crippen LogP contribution in [0.5, 0.6) is 46.0 Å². The number of aliphatic hydroxyl groups is 4. The molecule has 0 unspecified atom stereocenters. The van der Waals surface area contributed by atoms with Crippen molar-refractivity contribution in [2.24, 2.45) is 0 Å². The largest absolute Gasteiger partial charge is 0.504 e. The Hall–Kier alpha value is -4.88. The van der Waals surface area contributed by atoms with E-state index in [4.69, 9.17) is 28.4 Å². The smallest absolute Gasteiger partial charge is 0.168 e. The average molecular weight is 641 g/mol. The lowest BCUT2D eigenvalue weighted by Crippen LogP contribution is -2.00. The first-order chi connectivity index (χ1) is 22.2. The van der Waals surface area contributed by atoms with Crippen molar-refractivity contribution in [3.8, 4) is 68.2 Å². The molecule has 46 heavy (non-hydrogen) atoms. The number of hydrogen-bond donors (Lipinski definition) is 6. The Morgan fingerprint density at radius 3 is 0.870 bits per heavy atom. The highest BCUT2D eigenvalue weighted by Gasteiger charge is 2.21. The number of phenolic OH excluding ortho intramolecular Hbond substituents is 2. The Labute approximate surface area is 267 Å². The number of hydrogen-bond acceptors (Lipinski definition) is 12. The molecule has 0 atom stereocenters. The third-order valence-corrected chi connectivity index (χ3v) is 7.10. The second kappa shape index (κ2) is 16.4. The van der Waals surface area contributed by atoms with Crippen molar-refractivity contribution in [3.63, 3.8) is 0 Å². The molecule has 0 saturated carbocycles. The summed E-state index contributed by atoms with van der Waals surface area (Å²) in [5.41, 5.74) is 4.24. The zero-order valence-electron chi connectivity index (χ0n) is 26.6. The van der Waals surface area contributed by atoms with Crippen LogP contribution in [-0.4, -0.2) is 73.3 Å². The van der Waals surface area contributed by atoms with E-state index < -0.39 is 0 Å². The van der Waals surface area contributed by atoms with Crippen LogP contribution < -0.4 is 28.4 Å². The fourth-order valence-corrected chi connectivity index (χ4v) is 4.86. The van der Waals surface area contributed by atoms with E-state index in [2.05, 4.69) is 0 Å². The Kier molecular flexibility index (Phi) is 12.7. The maximum atomic E-state index is 10.3. The summed E-state index contributed by atoms with van der Waals surface area (Å²) in [4.78, 5) is 0. The molecule has 0 bridgehead atoms. The molecule has 4 aromatic carbocycles. The summed E-state index contributed by atoms with van der Waals surface area (Å²) in [6.45, 7) is -0.790. The lowest BCUT2D eigenvalue weighted by atomic mass is 9.97. The minimum Gasteiger partial charge on any atom is -0.504 e. The molecular weight excluding hydrogens is 600 g/mol. The Bertz CT molecular complexity index is 1510. The van der Waals surface area contributed by atoms with Crippen LogP contribution in [0.25, 0.3) is 22.3 Å². The normalized spacial score (nSPS) is 10.5. The molecule has 0 amide bonds. The van der Waals surface area contributed by atoms with Gasteiger partial charge in [-0.05, 0) is 70.8 Å². The van der Waals surface area contributed by atoms with Gasteiger partial charge in [-0.1, -0.05) is 0 Å². The maximum Gasteiger partial charge on any atom is 0.168 e. The van der Waals surface area contributed by atoms with E-state index in [-0.39, 0.29) is 60.6 Å². The van der Waals surface area contributed by atoms with Crippen LogP contribution >= 0.6 is 0 Å². The molecule has 0 aromatic heterocycles. The highest BCUT2D eigenvalue weighted by Crippen LogP contribution is 2.47. The van der Waals surface area contributed by atoms with Gasteiger partial charge < -0.3 is 59.1 Å². The number of methoxy groups -OCH3 is 6. The zero-order valence-corrected chi connectivity index (χ0v) is 26.6. The van der Waals surface area contributed by atoms with E-state index in [1.807, 2.05) is 0 Å². The van der Waals surface area contributed by atoms with Crippen LogP contribution in [0.3, 0.4) is 0 Å². The third kappa shape index (κ3) is 7.49. The van der Waals surface area contributed by atoms with Crippen molar-refractivity contribution in [1.82, 2.24) is 0 Å². The first-order valence-electron chi connectivity index (χ1n) is 13.9. The van der Waals surface area contributed by atoms with E-state index in [1.165, 1.54) is 52.7 Å². The standard InChI is InChI=1S/C18H22O6.C16H18O6/c1-21-15-7-11(9-19)5-13(17(15)23-3)14-6-12(10-20)8-16(22-2)18(14)24-4;1-21-13-5-9(7-17)3-11(15(13)19)12-4-10(8-18)6-14(22-2)16(12)20/h5-8,19-20H,9-10H2,1-4H3;3-6,17-20H,7-8H2,1-2H3. The van der Waals surface area contributed by atoms with Crippen molar-refractivity contribution in [2.45, 2.75) is 26.4 Å². The predicted molar refractivity (Wildman–Crippen MR) is 170 cm³/mol. The van der Waals surface area contributed by atoms with E-state index in [9.17, 15) is 30.6 Å². The van der Waals surface area contributed by atoms with Gasteiger partial charge in [0.05, 0.1) is 69.1 Å². The van der Waals surface area contributed by atoms with Crippen LogP contribution in [0, 0.1) is 0 Å². The molecule has 12 heteroatoms. The van der Waals surface area contributed by atoms with Gasteiger partial charge >= 0.3 is 0 Å².